The molecule has 0 atom stereocenters. The predicted octanol–water partition coefficient (Wildman–Crippen LogP) is 4.84. The molecule has 0 unspecified atom stereocenters. The molecule has 0 aliphatic carbocycles. The fourth-order valence-corrected chi connectivity index (χ4v) is 6.73. The van der Waals surface area contributed by atoms with Crippen molar-refractivity contribution >= 4 is 8.07 Å². The first-order valence-electron chi connectivity index (χ1n) is 7.24. The zero-order chi connectivity index (χ0) is 12.4. The zero-order valence-electron chi connectivity index (χ0n) is 11.6. The summed E-state index contributed by atoms with van der Waals surface area (Å²) in [5, 5.41) is 0. The molecule has 0 N–H and O–H groups in total. The summed E-state index contributed by atoms with van der Waals surface area (Å²) in [5.74, 6) is 13.4. The van der Waals surface area contributed by atoms with Crippen LogP contribution < -0.4 is 0 Å². The third-order valence-electron chi connectivity index (χ3n) is 3.69. The van der Waals surface area contributed by atoms with Gasteiger partial charge in [0.1, 0.15) is 0 Å². The van der Waals surface area contributed by atoms with Crippen molar-refractivity contribution in [3.8, 4) is 23.7 Å². The highest BCUT2D eigenvalue weighted by Crippen LogP contribution is 2.33. The third-order valence-corrected chi connectivity index (χ3v) is 8.38. The van der Waals surface area contributed by atoms with Gasteiger partial charge < -0.3 is 0 Å². The second-order valence-electron chi connectivity index (χ2n) is 5.18. The lowest BCUT2D eigenvalue weighted by molar-refractivity contribution is 0.720. The average Bonchev–Trinajstić information content (AvgIpc) is 2.56. The minimum atomic E-state index is -1.15. The summed E-state index contributed by atoms with van der Waals surface area (Å²) >= 11 is 0. The van der Waals surface area contributed by atoms with Crippen molar-refractivity contribution in [3.63, 3.8) is 0 Å². The topological polar surface area (TPSA) is 0 Å². The summed E-state index contributed by atoms with van der Waals surface area (Å²) < 4.78 is 0. The van der Waals surface area contributed by atoms with Gasteiger partial charge in [0.25, 0.3) is 0 Å². The van der Waals surface area contributed by atoms with Gasteiger partial charge in [0, 0.05) is 24.9 Å². The van der Waals surface area contributed by atoms with Crippen LogP contribution in [0.5, 0.6) is 0 Å². The quantitative estimate of drug-likeness (QED) is 0.483. The van der Waals surface area contributed by atoms with Crippen LogP contribution in [0.1, 0.15) is 52.4 Å². The first-order chi connectivity index (χ1) is 8.33. The minimum Gasteiger partial charge on any atom is -0.106 e. The summed E-state index contributed by atoms with van der Waals surface area (Å²) in [6.45, 7) is 4.29. The van der Waals surface area contributed by atoms with E-state index in [0.717, 1.165) is 12.8 Å². The van der Waals surface area contributed by atoms with Crippen LogP contribution in [0.25, 0.3) is 0 Å². The van der Waals surface area contributed by atoms with Gasteiger partial charge in [-0.1, -0.05) is 51.6 Å². The van der Waals surface area contributed by atoms with E-state index in [-0.39, 0.29) is 0 Å². The molecule has 1 rings (SSSR count). The van der Waals surface area contributed by atoms with Gasteiger partial charge in [0.15, 0.2) is 0 Å². The van der Waals surface area contributed by atoms with Crippen LogP contribution in [0.2, 0.25) is 24.2 Å². The Morgan fingerprint density at radius 3 is 1.59 bits per heavy atom. The lowest BCUT2D eigenvalue weighted by atomic mass is 10.2. The monoisotopic (exact) mass is 246 g/mol. The van der Waals surface area contributed by atoms with Gasteiger partial charge in [-0.25, -0.2) is 0 Å². The fraction of sp³-hybridized carbons (Fsp3) is 0.750. The molecule has 0 spiro atoms. The zero-order valence-corrected chi connectivity index (χ0v) is 12.6. The summed E-state index contributed by atoms with van der Waals surface area (Å²) in [6, 6.07) is 5.37. The molecule has 94 valence electrons. The lowest BCUT2D eigenvalue weighted by Crippen LogP contribution is -2.31. The summed E-state index contributed by atoms with van der Waals surface area (Å²) in [5.41, 5.74) is 0. The summed E-state index contributed by atoms with van der Waals surface area (Å²) in [7, 11) is -1.15. The first kappa shape index (κ1) is 14.4. The Bertz CT molecular complexity index is 287. The van der Waals surface area contributed by atoms with Crippen LogP contribution in [-0.4, -0.2) is 8.07 Å². The van der Waals surface area contributed by atoms with E-state index < -0.39 is 8.07 Å². The maximum atomic E-state index is 3.44. The minimum absolute atomic E-state index is 1.01. The molecule has 0 aromatic carbocycles. The second kappa shape index (κ2) is 8.43. The molecule has 1 aliphatic rings. The number of rotatable bonds is 2. The summed E-state index contributed by atoms with van der Waals surface area (Å²) in [4.78, 5) is 0. The molecule has 0 aromatic heterocycles. The molecule has 0 radical (unpaired) electrons. The van der Waals surface area contributed by atoms with E-state index in [1.165, 1.54) is 49.9 Å². The largest absolute Gasteiger partial charge is 0.106 e. The molecule has 0 amide bonds. The highest BCUT2D eigenvalue weighted by atomic mass is 28.3. The molecular formula is C16H26Si. The molecule has 1 heterocycles. The van der Waals surface area contributed by atoms with Crippen LogP contribution >= 0.6 is 0 Å². The second-order valence-corrected chi connectivity index (χ2v) is 9.89. The van der Waals surface area contributed by atoms with Crippen LogP contribution in [0.4, 0.5) is 0 Å². The maximum absolute atomic E-state index is 3.44. The molecular weight excluding hydrogens is 220 g/mol. The van der Waals surface area contributed by atoms with Gasteiger partial charge in [-0.15, -0.1) is 23.7 Å². The van der Waals surface area contributed by atoms with Crippen molar-refractivity contribution in [1.82, 2.24) is 0 Å². The Hall–Kier alpha value is -0.663. The molecule has 0 aromatic rings. The standard InChI is InChI=1S/C16H26Si/c1-3-5-9-13-17(14-10-6-4-2)15-11-7-8-12-16-17/h3-4,7-8,11-16H2,1-2H3. The molecule has 1 aliphatic heterocycles. The van der Waals surface area contributed by atoms with Crippen LogP contribution in [0, 0.1) is 23.7 Å². The normalized spacial score (nSPS) is 18.2. The first-order valence-corrected chi connectivity index (χ1v) is 10.1. The Kier molecular flexibility index (Phi) is 7.14. The van der Waals surface area contributed by atoms with Gasteiger partial charge in [0.05, 0.1) is 8.07 Å². The van der Waals surface area contributed by atoms with Gasteiger partial charge in [-0.3, -0.25) is 0 Å². The molecule has 1 fully saturated rings. The Morgan fingerprint density at radius 2 is 1.18 bits per heavy atom. The highest BCUT2D eigenvalue weighted by Gasteiger charge is 2.31. The van der Waals surface area contributed by atoms with Gasteiger partial charge in [-0.05, 0) is 0 Å². The highest BCUT2D eigenvalue weighted by molar-refractivity contribution is 6.81. The molecule has 0 bridgehead atoms. The smallest absolute Gasteiger partial charge is 0.0789 e. The van der Waals surface area contributed by atoms with Crippen molar-refractivity contribution in [3.05, 3.63) is 0 Å². The fourth-order valence-electron chi connectivity index (χ4n) is 2.64. The van der Waals surface area contributed by atoms with Crippen molar-refractivity contribution < 1.29 is 0 Å². The number of hydrogen-bond acceptors (Lipinski definition) is 0. The van der Waals surface area contributed by atoms with Gasteiger partial charge >= 0.3 is 0 Å². The molecule has 1 heteroatoms. The van der Waals surface area contributed by atoms with Crippen LogP contribution in [0.15, 0.2) is 0 Å². The van der Waals surface area contributed by atoms with E-state index in [2.05, 4.69) is 37.5 Å². The van der Waals surface area contributed by atoms with Gasteiger partial charge in [-0.2, -0.15) is 0 Å². The van der Waals surface area contributed by atoms with Crippen molar-refractivity contribution in [2.75, 3.05) is 0 Å². The van der Waals surface area contributed by atoms with E-state index in [0.29, 0.717) is 0 Å². The molecule has 1 saturated heterocycles. The van der Waals surface area contributed by atoms with E-state index in [1.807, 2.05) is 0 Å². The van der Waals surface area contributed by atoms with E-state index in [1.54, 1.807) is 0 Å². The van der Waals surface area contributed by atoms with Gasteiger partial charge in [0.2, 0.25) is 0 Å². The lowest BCUT2D eigenvalue weighted by Gasteiger charge is -2.26. The van der Waals surface area contributed by atoms with E-state index in [4.69, 9.17) is 0 Å². The SMILES string of the molecule is CCC#CC[Si]1(CC#CCC)CCCCCC1. The molecule has 17 heavy (non-hydrogen) atoms. The Morgan fingerprint density at radius 1 is 0.706 bits per heavy atom. The summed E-state index contributed by atoms with van der Waals surface area (Å²) in [6.07, 6.45) is 7.77. The maximum Gasteiger partial charge on any atom is 0.0789 e. The third kappa shape index (κ3) is 5.47. The number of hydrogen-bond donors (Lipinski definition) is 0. The average molecular weight is 246 g/mol. The van der Waals surface area contributed by atoms with Crippen molar-refractivity contribution in [1.29, 1.82) is 0 Å². The van der Waals surface area contributed by atoms with Crippen molar-refractivity contribution in [2.24, 2.45) is 0 Å². The van der Waals surface area contributed by atoms with Crippen LogP contribution in [-0.2, 0) is 0 Å². The molecule has 0 saturated carbocycles. The predicted molar refractivity (Wildman–Crippen MR) is 79.6 cm³/mol. The Labute approximate surface area is 109 Å². The van der Waals surface area contributed by atoms with Crippen molar-refractivity contribution in [2.45, 2.75) is 76.5 Å². The van der Waals surface area contributed by atoms with E-state index >= 15 is 0 Å². The van der Waals surface area contributed by atoms with Crippen LogP contribution in [0.3, 0.4) is 0 Å². The Balaban J connectivity index is 2.66. The molecule has 0 nitrogen and oxygen atoms in total. The van der Waals surface area contributed by atoms with E-state index in [9.17, 15) is 0 Å².